The lowest BCUT2D eigenvalue weighted by Crippen LogP contribution is -2.59. The van der Waals surface area contributed by atoms with Crippen molar-refractivity contribution in [1.29, 1.82) is 0 Å². The summed E-state index contributed by atoms with van der Waals surface area (Å²) in [6.45, 7) is 3.31. The van der Waals surface area contributed by atoms with E-state index < -0.39 is 65.5 Å². The molecule has 1 aliphatic heterocycles. The molecular formula is C28H32O11. The Morgan fingerprint density at radius 3 is 2.28 bits per heavy atom. The molecule has 7 unspecified atom stereocenters. The molecule has 39 heavy (non-hydrogen) atoms. The number of hydrogen-bond donors (Lipinski definition) is 4. The summed E-state index contributed by atoms with van der Waals surface area (Å²) in [6, 6.07) is 4.06. The van der Waals surface area contributed by atoms with Crippen molar-refractivity contribution >= 4 is 11.6 Å². The minimum absolute atomic E-state index is 0.0159. The summed E-state index contributed by atoms with van der Waals surface area (Å²) < 4.78 is 28.1. The van der Waals surface area contributed by atoms with Gasteiger partial charge in [-0.25, -0.2) is 0 Å². The van der Waals surface area contributed by atoms with E-state index in [1.807, 2.05) is 0 Å². The van der Waals surface area contributed by atoms with Crippen LogP contribution in [-0.2, 0) is 25.4 Å². The third-order valence-electron chi connectivity index (χ3n) is 7.81. The summed E-state index contributed by atoms with van der Waals surface area (Å²) >= 11 is 0. The van der Waals surface area contributed by atoms with Gasteiger partial charge in [-0.05, 0) is 31.5 Å². The van der Waals surface area contributed by atoms with E-state index in [-0.39, 0.29) is 46.4 Å². The van der Waals surface area contributed by atoms with E-state index in [9.17, 15) is 30.0 Å². The minimum atomic E-state index is -1.30. The number of rotatable bonds is 5. The van der Waals surface area contributed by atoms with Gasteiger partial charge in [-0.3, -0.25) is 9.59 Å². The molecule has 0 bridgehead atoms. The Hall–Kier alpha value is -3.06. The fourth-order valence-corrected chi connectivity index (χ4v) is 6.00. The first-order valence-electron chi connectivity index (χ1n) is 12.6. The highest BCUT2D eigenvalue weighted by atomic mass is 16.7. The number of benzene rings is 2. The molecule has 210 valence electrons. The summed E-state index contributed by atoms with van der Waals surface area (Å²) in [6.07, 6.45) is -5.31. The van der Waals surface area contributed by atoms with Crippen LogP contribution in [0.25, 0.3) is 0 Å². The van der Waals surface area contributed by atoms with Crippen molar-refractivity contribution in [3.63, 3.8) is 0 Å². The molecule has 2 aromatic rings. The van der Waals surface area contributed by atoms with Gasteiger partial charge in [0.05, 0.1) is 36.0 Å². The Bertz CT molecular complexity index is 1330. The lowest BCUT2D eigenvalue weighted by molar-refractivity contribution is -0.315. The van der Waals surface area contributed by atoms with Crippen molar-refractivity contribution < 1.29 is 53.7 Å². The number of aliphatic hydroxyl groups is 2. The van der Waals surface area contributed by atoms with Gasteiger partial charge in [0.15, 0.2) is 12.1 Å². The SMILES string of the molecule is COc1cc(O)c2c(c1)C(=O)c1cc3c(c(O)c1C2=O)C(OC1OC(C)C(OC)C(O)C1OC)CC(C)(O)C3. The quantitative estimate of drug-likeness (QED) is 0.370. The van der Waals surface area contributed by atoms with Crippen LogP contribution in [0.2, 0.25) is 0 Å². The van der Waals surface area contributed by atoms with Gasteiger partial charge < -0.3 is 44.1 Å². The molecule has 3 aliphatic rings. The number of ketones is 2. The third-order valence-corrected chi connectivity index (χ3v) is 7.81. The van der Waals surface area contributed by atoms with Crippen LogP contribution in [0.1, 0.15) is 69.3 Å². The lowest BCUT2D eigenvalue weighted by atomic mass is 9.74. The van der Waals surface area contributed by atoms with Crippen LogP contribution in [-0.4, -0.2) is 89.6 Å². The number of carbonyl (C=O) groups is 2. The van der Waals surface area contributed by atoms with E-state index in [0.29, 0.717) is 5.56 Å². The second-order valence-electron chi connectivity index (χ2n) is 10.6. The Kier molecular flexibility index (Phi) is 6.94. The fraction of sp³-hybridized carbons (Fsp3) is 0.500. The Balaban J connectivity index is 1.60. The molecule has 4 N–H and O–H groups in total. The molecule has 1 fully saturated rings. The van der Waals surface area contributed by atoms with E-state index in [1.54, 1.807) is 13.8 Å². The van der Waals surface area contributed by atoms with Crippen LogP contribution in [0.3, 0.4) is 0 Å². The normalized spacial score (nSPS) is 31.9. The molecule has 2 aromatic carbocycles. The smallest absolute Gasteiger partial charge is 0.201 e. The van der Waals surface area contributed by atoms with Crippen LogP contribution in [0.5, 0.6) is 17.2 Å². The molecule has 0 radical (unpaired) electrons. The van der Waals surface area contributed by atoms with Crippen LogP contribution >= 0.6 is 0 Å². The number of hydrogen-bond acceptors (Lipinski definition) is 11. The first-order valence-corrected chi connectivity index (χ1v) is 12.6. The highest BCUT2D eigenvalue weighted by Crippen LogP contribution is 2.49. The van der Waals surface area contributed by atoms with Crippen LogP contribution in [0.4, 0.5) is 0 Å². The molecule has 2 aliphatic carbocycles. The summed E-state index contributed by atoms with van der Waals surface area (Å²) in [7, 11) is 4.20. The van der Waals surface area contributed by atoms with Crippen molar-refractivity contribution in [2.75, 3.05) is 21.3 Å². The van der Waals surface area contributed by atoms with E-state index in [0.717, 1.165) is 0 Å². The predicted octanol–water partition coefficient (Wildman–Crippen LogP) is 1.77. The Labute approximate surface area is 224 Å². The van der Waals surface area contributed by atoms with Crippen molar-refractivity contribution in [1.82, 2.24) is 0 Å². The molecule has 1 saturated heterocycles. The van der Waals surface area contributed by atoms with Gasteiger partial charge in [-0.1, -0.05) is 0 Å². The maximum absolute atomic E-state index is 13.6. The van der Waals surface area contributed by atoms with E-state index in [4.69, 9.17) is 23.7 Å². The molecule has 5 rings (SSSR count). The van der Waals surface area contributed by atoms with Crippen LogP contribution < -0.4 is 4.74 Å². The zero-order chi connectivity index (χ0) is 28.4. The number of methoxy groups -OCH3 is 3. The van der Waals surface area contributed by atoms with Crippen molar-refractivity contribution in [2.24, 2.45) is 0 Å². The molecular weight excluding hydrogens is 512 g/mol. The molecule has 0 spiro atoms. The Morgan fingerprint density at radius 1 is 0.974 bits per heavy atom. The highest BCUT2D eigenvalue weighted by molar-refractivity contribution is 6.30. The van der Waals surface area contributed by atoms with E-state index in [1.165, 1.54) is 39.5 Å². The largest absolute Gasteiger partial charge is 0.507 e. The van der Waals surface area contributed by atoms with Crippen molar-refractivity contribution in [3.05, 3.63) is 51.6 Å². The number of aliphatic hydroxyl groups excluding tert-OH is 1. The van der Waals surface area contributed by atoms with Gasteiger partial charge in [0, 0.05) is 49.8 Å². The van der Waals surface area contributed by atoms with Crippen LogP contribution in [0, 0.1) is 0 Å². The zero-order valence-electron chi connectivity index (χ0n) is 22.3. The predicted molar refractivity (Wildman–Crippen MR) is 134 cm³/mol. The monoisotopic (exact) mass is 544 g/mol. The number of carbonyl (C=O) groups excluding carboxylic acids is 2. The average molecular weight is 545 g/mol. The number of aromatic hydroxyl groups is 2. The van der Waals surface area contributed by atoms with Gasteiger partial charge in [0.25, 0.3) is 0 Å². The topological polar surface area (TPSA) is 161 Å². The molecule has 11 heteroatoms. The standard InChI is InChI=1S/C28H32O11/c1-11-25(36-4)24(33)26(37-5)27(38-11)39-17-10-28(2,34)9-12-6-14-20(22(31)18(12)17)23(32)19-15(21(14)30)7-13(35-3)8-16(19)29/h6-8,11,17,24-27,29,31,33-34H,9-10H2,1-5H3. The first kappa shape index (κ1) is 27.5. The molecule has 11 nitrogen and oxygen atoms in total. The van der Waals surface area contributed by atoms with E-state index in [2.05, 4.69) is 0 Å². The number of phenolic OH excluding ortho intramolecular Hbond substituents is 2. The molecule has 0 amide bonds. The fourth-order valence-electron chi connectivity index (χ4n) is 6.00. The van der Waals surface area contributed by atoms with Gasteiger partial charge in [0.1, 0.15) is 35.6 Å². The van der Waals surface area contributed by atoms with Crippen molar-refractivity contribution in [3.8, 4) is 17.2 Å². The van der Waals surface area contributed by atoms with Crippen molar-refractivity contribution in [2.45, 2.75) is 69.1 Å². The highest BCUT2D eigenvalue weighted by Gasteiger charge is 2.48. The average Bonchev–Trinajstić information content (AvgIpc) is 2.85. The minimum Gasteiger partial charge on any atom is -0.507 e. The number of ether oxygens (including phenoxy) is 5. The van der Waals surface area contributed by atoms with Gasteiger partial charge in [-0.2, -0.15) is 0 Å². The second kappa shape index (κ2) is 9.84. The summed E-state index contributed by atoms with van der Waals surface area (Å²) in [5.74, 6) is -2.04. The van der Waals surface area contributed by atoms with Gasteiger partial charge >= 0.3 is 0 Å². The molecule has 1 heterocycles. The summed E-state index contributed by atoms with van der Waals surface area (Å²) in [4.78, 5) is 27.0. The second-order valence-corrected chi connectivity index (χ2v) is 10.6. The lowest BCUT2D eigenvalue weighted by Gasteiger charge is -2.45. The Morgan fingerprint density at radius 2 is 1.64 bits per heavy atom. The molecule has 0 saturated carbocycles. The maximum Gasteiger partial charge on any atom is 0.201 e. The number of phenols is 2. The zero-order valence-corrected chi connectivity index (χ0v) is 22.3. The third kappa shape index (κ3) is 4.39. The molecule has 0 aromatic heterocycles. The number of fused-ring (bicyclic) bond motifs is 3. The summed E-state index contributed by atoms with van der Waals surface area (Å²) in [5.41, 5.74) is -1.26. The maximum atomic E-state index is 13.6. The summed E-state index contributed by atoms with van der Waals surface area (Å²) in [5, 5.41) is 43.9. The van der Waals surface area contributed by atoms with E-state index >= 15 is 0 Å². The molecule has 7 atom stereocenters. The first-order chi connectivity index (χ1) is 18.4. The van der Waals surface area contributed by atoms with Gasteiger partial charge in [-0.15, -0.1) is 0 Å². The van der Waals surface area contributed by atoms with Gasteiger partial charge in [0.2, 0.25) is 5.78 Å². The van der Waals surface area contributed by atoms with Crippen LogP contribution in [0.15, 0.2) is 18.2 Å².